The van der Waals surface area contributed by atoms with Crippen LogP contribution in [-0.4, -0.2) is 36.6 Å². The maximum absolute atomic E-state index is 12.2. The van der Waals surface area contributed by atoms with Gasteiger partial charge in [0.1, 0.15) is 0 Å². The molecule has 0 aliphatic rings. The molecule has 0 atom stereocenters. The van der Waals surface area contributed by atoms with Crippen LogP contribution in [-0.2, 0) is 11.3 Å². The standard InChI is InChI=1S/C19H22N2O3/c1-4-7-15-9-10-17(18(12-15)23-3)24-14-19(22)21(2)13-16-8-5-6-11-20-16/h4-12H,13-14H2,1-3H3/b7-4+. The normalized spacial score (nSPS) is 10.6. The number of nitrogens with zero attached hydrogens (tertiary/aromatic N) is 2. The van der Waals surface area contributed by atoms with E-state index in [1.165, 1.54) is 0 Å². The molecule has 5 heteroatoms. The van der Waals surface area contributed by atoms with Crippen LogP contribution in [0.2, 0.25) is 0 Å². The third-order valence-corrected chi connectivity index (χ3v) is 3.45. The minimum atomic E-state index is -0.125. The summed E-state index contributed by atoms with van der Waals surface area (Å²) in [5.41, 5.74) is 1.85. The molecule has 126 valence electrons. The fraction of sp³-hybridized carbons (Fsp3) is 0.263. The van der Waals surface area contributed by atoms with Crippen molar-refractivity contribution in [1.29, 1.82) is 0 Å². The van der Waals surface area contributed by atoms with Gasteiger partial charge in [-0.1, -0.05) is 24.3 Å². The number of amides is 1. The number of rotatable bonds is 7. The van der Waals surface area contributed by atoms with Crippen LogP contribution in [0.5, 0.6) is 11.5 Å². The van der Waals surface area contributed by atoms with Crippen molar-refractivity contribution in [1.82, 2.24) is 9.88 Å². The fourth-order valence-corrected chi connectivity index (χ4v) is 2.17. The first kappa shape index (κ1) is 17.5. The van der Waals surface area contributed by atoms with Gasteiger partial charge in [-0.2, -0.15) is 0 Å². The van der Waals surface area contributed by atoms with Crippen LogP contribution in [0.1, 0.15) is 18.2 Å². The lowest BCUT2D eigenvalue weighted by molar-refractivity contribution is -0.132. The summed E-state index contributed by atoms with van der Waals surface area (Å²) >= 11 is 0. The van der Waals surface area contributed by atoms with E-state index in [1.807, 2.05) is 49.4 Å². The van der Waals surface area contributed by atoms with E-state index in [1.54, 1.807) is 31.3 Å². The number of likely N-dealkylation sites (N-methyl/N-ethyl adjacent to an activating group) is 1. The van der Waals surface area contributed by atoms with Gasteiger partial charge in [-0.15, -0.1) is 0 Å². The van der Waals surface area contributed by atoms with E-state index in [-0.39, 0.29) is 12.5 Å². The van der Waals surface area contributed by atoms with Crippen molar-refractivity contribution in [3.05, 3.63) is 59.9 Å². The van der Waals surface area contributed by atoms with E-state index in [9.17, 15) is 4.79 Å². The highest BCUT2D eigenvalue weighted by molar-refractivity contribution is 5.77. The Labute approximate surface area is 142 Å². The van der Waals surface area contributed by atoms with E-state index >= 15 is 0 Å². The molecule has 1 heterocycles. The smallest absolute Gasteiger partial charge is 0.260 e. The lowest BCUT2D eigenvalue weighted by Crippen LogP contribution is -2.31. The zero-order chi connectivity index (χ0) is 17.4. The number of carbonyl (C=O) groups is 1. The molecule has 0 radical (unpaired) electrons. The lowest BCUT2D eigenvalue weighted by atomic mass is 10.2. The third-order valence-electron chi connectivity index (χ3n) is 3.45. The van der Waals surface area contributed by atoms with Crippen molar-refractivity contribution >= 4 is 12.0 Å². The SMILES string of the molecule is C/C=C/c1ccc(OCC(=O)N(C)Cc2ccccn2)c(OC)c1. The molecule has 2 aromatic rings. The molecular formula is C19H22N2O3. The molecule has 0 saturated carbocycles. The molecule has 0 saturated heterocycles. The maximum atomic E-state index is 12.2. The minimum Gasteiger partial charge on any atom is -0.493 e. The van der Waals surface area contributed by atoms with Gasteiger partial charge < -0.3 is 14.4 Å². The first-order valence-electron chi connectivity index (χ1n) is 7.71. The Bertz CT molecular complexity index is 699. The number of benzene rings is 1. The summed E-state index contributed by atoms with van der Waals surface area (Å²) in [6, 6.07) is 11.2. The molecular weight excluding hydrogens is 304 g/mol. The number of aromatic nitrogens is 1. The molecule has 0 aliphatic heterocycles. The highest BCUT2D eigenvalue weighted by Gasteiger charge is 2.12. The number of pyridine rings is 1. The van der Waals surface area contributed by atoms with Gasteiger partial charge in [0.25, 0.3) is 5.91 Å². The number of carbonyl (C=O) groups excluding carboxylic acids is 1. The third kappa shape index (κ3) is 4.84. The zero-order valence-corrected chi connectivity index (χ0v) is 14.2. The average Bonchev–Trinajstić information content (AvgIpc) is 2.61. The van der Waals surface area contributed by atoms with Crippen molar-refractivity contribution in [2.45, 2.75) is 13.5 Å². The molecule has 0 aliphatic carbocycles. The molecule has 1 aromatic heterocycles. The average molecular weight is 326 g/mol. The van der Waals surface area contributed by atoms with Gasteiger partial charge in [0.2, 0.25) is 0 Å². The first-order valence-corrected chi connectivity index (χ1v) is 7.71. The zero-order valence-electron chi connectivity index (χ0n) is 14.2. The van der Waals surface area contributed by atoms with Gasteiger partial charge in [0.15, 0.2) is 18.1 Å². The monoisotopic (exact) mass is 326 g/mol. The second-order valence-electron chi connectivity index (χ2n) is 5.27. The molecule has 0 fully saturated rings. The van der Waals surface area contributed by atoms with Crippen LogP contribution in [0.4, 0.5) is 0 Å². The summed E-state index contributed by atoms with van der Waals surface area (Å²) in [5, 5.41) is 0. The van der Waals surface area contributed by atoms with Gasteiger partial charge in [-0.25, -0.2) is 0 Å². The van der Waals surface area contributed by atoms with E-state index in [4.69, 9.17) is 9.47 Å². The Morgan fingerprint density at radius 2 is 2.08 bits per heavy atom. The summed E-state index contributed by atoms with van der Waals surface area (Å²) in [6.45, 7) is 2.34. The predicted octanol–water partition coefficient (Wildman–Crippen LogP) is 3.16. The summed E-state index contributed by atoms with van der Waals surface area (Å²) in [6.07, 6.45) is 5.63. The van der Waals surface area contributed by atoms with Gasteiger partial charge in [0.05, 0.1) is 19.3 Å². The Kier molecular flexibility index (Phi) is 6.37. The highest BCUT2D eigenvalue weighted by Crippen LogP contribution is 2.28. The van der Waals surface area contributed by atoms with Crippen LogP contribution in [0.25, 0.3) is 6.08 Å². The largest absolute Gasteiger partial charge is 0.493 e. The van der Waals surface area contributed by atoms with Crippen molar-refractivity contribution < 1.29 is 14.3 Å². The summed E-state index contributed by atoms with van der Waals surface area (Å²) in [4.78, 5) is 18.0. The molecule has 5 nitrogen and oxygen atoms in total. The van der Waals surface area contributed by atoms with Crippen molar-refractivity contribution in [3.63, 3.8) is 0 Å². The van der Waals surface area contributed by atoms with Crippen LogP contribution in [0, 0.1) is 0 Å². The lowest BCUT2D eigenvalue weighted by Gasteiger charge is -2.17. The topological polar surface area (TPSA) is 51.7 Å². The second kappa shape index (κ2) is 8.72. The summed E-state index contributed by atoms with van der Waals surface area (Å²) in [7, 11) is 3.31. The minimum absolute atomic E-state index is 0.0529. The highest BCUT2D eigenvalue weighted by atomic mass is 16.5. The van der Waals surface area contributed by atoms with Gasteiger partial charge in [-0.3, -0.25) is 9.78 Å². The Morgan fingerprint density at radius 1 is 1.25 bits per heavy atom. The Hall–Kier alpha value is -2.82. The molecule has 0 N–H and O–H groups in total. The molecule has 0 unspecified atom stereocenters. The van der Waals surface area contributed by atoms with E-state index in [0.717, 1.165) is 11.3 Å². The number of methoxy groups -OCH3 is 1. The van der Waals surface area contributed by atoms with Crippen LogP contribution in [0.15, 0.2) is 48.7 Å². The number of hydrogen-bond acceptors (Lipinski definition) is 4. The molecule has 24 heavy (non-hydrogen) atoms. The first-order chi connectivity index (χ1) is 11.6. The predicted molar refractivity (Wildman–Crippen MR) is 93.9 cm³/mol. The fourth-order valence-electron chi connectivity index (χ4n) is 2.17. The number of allylic oxidation sites excluding steroid dienone is 1. The molecule has 0 spiro atoms. The van der Waals surface area contributed by atoms with Gasteiger partial charge in [0, 0.05) is 13.2 Å². The number of ether oxygens (including phenoxy) is 2. The Morgan fingerprint density at radius 3 is 2.75 bits per heavy atom. The van der Waals surface area contributed by atoms with Crippen LogP contribution >= 0.6 is 0 Å². The summed E-state index contributed by atoms with van der Waals surface area (Å²) in [5.74, 6) is 1.02. The van der Waals surface area contributed by atoms with Crippen LogP contribution in [0.3, 0.4) is 0 Å². The van der Waals surface area contributed by atoms with Gasteiger partial charge in [-0.05, 0) is 36.8 Å². The summed E-state index contributed by atoms with van der Waals surface area (Å²) < 4.78 is 10.9. The quantitative estimate of drug-likeness (QED) is 0.784. The van der Waals surface area contributed by atoms with E-state index < -0.39 is 0 Å². The van der Waals surface area contributed by atoms with E-state index in [0.29, 0.717) is 18.0 Å². The maximum Gasteiger partial charge on any atom is 0.260 e. The number of hydrogen-bond donors (Lipinski definition) is 0. The molecule has 1 amide bonds. The molecule has 2 rings (SSSR count). The Balaban J connectivity index is 1.95. The van der Waals surface area contributed by atoms with Crippen molar-refractivity contribution in [2.24, 2.45) is 0 Å². The molecule has 1 aromatic carbocycles. The van der Waals surface area contributed by atoms with Gasteiger partial charge >= 0.3 is 0 Å². The molecule has 0 bridgehead atoms. The van der Waals surface area contributed by atoms with Crippen molar-refractivity contribution in [2.75, 3.05) is 20.8 Å². The second-order valence-corrected chi connectivity index (χ2v) is 5.27. The van der Waals surface area contributed by atoms with Crippen molar-refractivity contribution in [3.8, 4) is 11.5 Å². The van der Waals surface area contributed by atoms with Crippen LogP contribution < -0.4 is 9.47 Å². The van der Waals surface area contributed by atoms with E-state index in [2.05, 4.69) is 4.98 Å².